The molecule has 3 amide bonds. The molecule has 11 nitrogen and oxygen atoms in total. The normalized spacial score (nSPS) is 30.8. The molecule has 198 valence electrons. The summed E-state index contributed by atoms with van der Waals surface area (Å²) >= 11 is 1.45. The molecular weight excluding hydrogens is 486 g/mol. The van der Waals surface area contributed by atoms with Crippen LogP contribution in [0.4, 0.5) is 0 Å². The molecule has 0 bridgehead atoms. The first-order valence-electron chi connectivity index (χ1n) is 12.5. The van der Waals surface area contributed by atoms with Crippen LogP contribution in [0.2, 0.25) is 0 Å². The van der Waals surface area contributed by atoms with Crippen LogP contribution in [0.1, 0.15) is 33.6 Å². The second kappa shape index (κ2) is 10.5. The summed E-state index contributed by atoms with van der Waals surface area (Å²) in [5, 5.41) is 13.2. The lowest BCUT2D eigenvalue weighted by molar-refractivity contribution is -0.160. The van der Waals surface area contributed by atoms with E-state index >= 15 is 0 Å². The standard InChI is InChI=1S/C24H35N5O6S/c1-12(8-13(2)30)18-19-14(3)21(20(24(34)35)29(19)23(18)33)36-15-9-16(26-11-15)22(32)28-6-4-27(5-7-28)17(31)10-25/h12,14-16,18-19,26H,4-11,25H2,1-3H3,(H,34,35)/t12-,14+,15?,16?,18+,19-/m0/s1. The van der Waals surface area contributed by atoms with Crippen molar-refractivity contribution in [2.24, 2.45) is 23.5 Å². The Morgan fingerprint density at radius 3 is 2.39 bits per heavy atom. The van der Waals surface area contributed by atoms with Gasteiger partial charge in [-0.15, -0.1) is 11.8 Å². The molecule has 4 rings (SSSR count). The number of rotatable bonds is 8. The molecule has 4 aliphatic heterocycles. The summed E-state index contributed by atoms with van der Waals surface area (Å²) in [5.41, 5.74) is 5.47. The fraction of sp³-hybridized carbons (Fsp3) is 0.708. The highest BCUT2D eigenvalue weighted by Gasteiger charge is 2.60. The van der Waals surface area contributed by atoms with Gasteiger partial charge < -0.3 is 35.7 Å². The van der Waals surface area contributed by atoms with Crippen LogP contribution in [-0.4, -0.2) is 106 Å². The average Bonchev–Trinajstić information content (AvgIpc) is 3.39. The Kier molecular flexibility index (Phi) is 7.77. The summed E-state index contributed by atoms with van der Waals surface area (Å²) in [7, 11) is 0. The zero-order valence-corrected chi connectivity index (χ0v) is 21.8. The first kappa shape index (κ1) is 26.6. The lowest BCUT2D eigenvalue weighted by Crippen LogP contribution is -2.62. The van der Waals surface area contributed by atoms with E-state index in [1.807, 2.05) is 13.8 Å². The lowest BCUT2D eigenvalue weighted by atomic mass is 9.73. The molecule has 0 radical (unpaired) electrons. The van der Waals surface area contributed by atoms with Gasteiger partial charge >= 0.3 is 5.97 Å². The minimum atomic E-state index is -1.12. The molecule has 0 saturated carbocycles. The SMILES string of the molecule is CC(=O)C[C@H](C)[C@H]1C(=O)N2C(C(=O)O)=C(SC3CNC(C(=O)N4CCN(C(=O)CN)CC4)C3)[C@H](C)[C@@H]12. The molecular formula is C24H35N5O6S. The smallest absolute Gasteiger partial charge is 0.353 e. The van der Waals surface area contributed by atoms with E-state index in [9.17, 15) is 29.1 Å². The van der Waals surface area contributed by atoms with E-state index < -0.39 is 5.97 Å². The molecule has 2 unspecified atom stereocenters. The maximum Gasteiger partial charge on any atom is 0.353 e. The van der Waals surface area contributed by atoms with Crippen LogP contribution >= 0.6 is 11.8 Å². The zero-order valence-electron chi connectivity index (χ0n) is 20.9. The van der Waals surface area contributed by atoms with Gasteiger partial charge in [0.25, 0.3) is 0 Å². The molecule has 0 aliphatic carbocycles. The Morgan fingerprint density at radius 1 is 1.17 bits per heavy atom. The Morgan fingerprint density at radius 2 is 1.81 bits per heavy atom. The number of nitrogens with two attached hydrogens (primary N) is 1. The third kappa shape index (κ3) is 4.78. The predicted molar refractivity (Wildman–Crippen MR) is 132 cm³/mol. The highest BCUT2D eigenvalue weighted by molar-refractivity contribution is 8.03. The number of hydrogen-bond acceptors (Lipinski definition) is 8. The van der Waals surface area contributed by atoms with Crippen LogP contribution in [0.15, 0.2) is 10.6 Å². The third-order valence-electron chi connectivity index (χ3n) is 7.81. The van der Waals surface area contributed by atoms with Crippen molar-refractivity contribution < 1.29 is 29.1 Å². The number of aliphatic carboxylic acids is 1. The van der Waals surface area contributed by atoms with E-state index in [1.165, 1.54) is 23.6 Å². The molecule has 36 heavy (non-hydrogen) atoms. The van der Waals surface area contributed by atoms with Gasteiger partial charge in [0, 0.05) is 55.2 Å². The fourth-order valence-electron chi connectivity index (χ4n) is 6.03. The average molecular weight is 522 g/mol. The second-order valence-electron chi connectivity index (χ2n) is 10.3. The van der Waals surface area contributed by atoms with Gasteiger partial charge in [0.2, 0.25) is 17.7 Å². The molecule has 6 atom stereocenters. The predicted octanol–water partition coefficient (Wildman–Crippen LogP) is -0.532. The Bertz CT molecular complexity index is 993. The molecule has 3 fully saturated rings. The van der Waals surface area contributed by atoms with E-state index in [-0.39, 0.29) is 70.8 Å². The number of amides is 3. The topological polar surface area (TPSA) is 153 Å². The molecule has 0 aromatic heterocycles. The summed E-state index contributed by atoms with van der Waals surface area (Å²) < 4.78 is 0. The number of carboxylic acids is 1. The molecule has 12 heteroatoms. The molecule has 4 aliphatic rings. The summed E-state index contributed by atoms with van der Waals surface area (Å²) in [5.74, 6) is -2.12. The molecule has 0 aromatic rings. The van der Waals surface area contributed by atoms with Gasteiger partial charge in [-0.3, -0.25) is 14.4 Å². The van der Waals surface area contributed by atoms with E-state index in [1.54, 1.807) is 9.80 Å². The highest BCUT2D eigenvalue weighted by Crippen LogP contribution is 2.53. The number of thioether (sulfide) groups is 1. The first-order valence-corrected chi connectivity index (χ1v) is 13.4. The molecule has 4 heterocycles. The highest BCUT2D eigenvalue weighted by atomic mass is 32.2. The van der Waals surface area contributed by atoms with Crippen LogP contribution in [0.3, 0.4) is 0 Å². The van der Waals surface area contributed by atoms with Gasteiger partial charge in [0.15, 0.2) is 0 Å². The van der Waals surface area contributed by atoms with Crippen molar-refractivity contribution in [2.75, 3.05) is 39.3 Å². The van der Waals surface area contributed by atoms with Crippen molar-refractivity contribution in [3.05, 3.63) is 10.6 Å². The fourth-order valence-corrected chi connectivity index (χ4v) is 7.51. The van der Waals surface area contributed by atoms with Crippen LogP contribution in [-0.2, 0) is 24.0 Å². The quantitative estimate of drug-likeness (QED) is 0.358. The number of fused-ring (bicyclic) bond motifs is 1. The van der Waals surface area contributed by atoms with E-state index in [4.69, 9.17) is 5.73 Å². The summed E-state index contributed by atoms with van der Waals surface area (Å²) in [6, 6.07) is -0.619. The molecule has 0 aromatic carbocycles. The number of Topliss-reactive ketones (excluding diaryl/α,β-unsaturated/α-hetero) is 1. The van der Waals surface area contributed by atoms with Gasteiger partial charge in [0.1, 0.15) is 11.5 Å². The Hall–Kier alpha value is -2.44. The van der Waals surface area contributed by atoms with Gasteiger partial charge in [-0.05, 0) is 19.3 Å². The summed E-state index contributed by atoms with van der Waals surface area (Å²) in [6.45, 7) is 7.70. The number of nitrogens with zero attached hydrogens (tertiary/aromatic N) is 3. The van der Waals surface area contributed by atoms with Crippen molar-refractivity contribution >= 4 is 41.2 Å². The Labute approximate surface area is 214 Å². The van der Waals surface area contributed by atoms with Crippen molar-refractivity contribution in [3.63, 3.8) is 0 Å². The van der Waals surface area contributed by atoms with Gasteiger partial charge in [-0.1, -0.05) is 13.8 Å². The van der Waals surface area contributed by atoms with E-state index in [2.05, 4.69) is 5.32 Å². The van der Waals surface area contributed by atoms with E-state index in [0.717, 1.165) is 0 Å². The number of carbonyl (C=O) groups is 5. The van der Waals surface area contributed by atoms with Crippen LogP contribution in [0.5, 0.6) is 0 Å². The monoisotopic (exact) mass is 521 g/mol. The second-order valence-corrected chi connectivity index (χ2v) is 11.6. The third-order valence-corrected chi connectivity index (χ3v) is 9.33. The summed E-state index contributed by atoms with van der Waals surface area (Å²) in [4.78, 5) is 67.1. The molecule has 0 spiro atoms. The maximum absolute atomic E-state index is 13.1. The largest absolute Gasteiger partial charge is 0.477 e. The lowest BCUT2D eigenvalue weighted by Gasteiger charge is -2.47. The van der Waals surface area contributed by atoms with E-state index in [0.29, 0.717) is 50.5 Å². The number of hydrogen-bond donors (Lipinski definition) is 3. The van der Waals surface area contributed by atoms with Gasteiger partial charge in [-0.25, -0.2) is 4.79 Å². The molecule has 4 N–H and O–H groups in total. The van der Waals surface area contributed by atoms with Crippen molar-refractivity contribution in [2.45, 2.75) is 50.9 Å². The zero-order chi connectivity index (χ0) is 26.3. The van der Waals surface area contributed by atoms with Crippen molar-refractivity contribution in [3.8, 4) is 0 Å². The summed E-state index contributed by atoms with van der Waals surface area (Å²) in [6.07, 6.45) is 0.848. The van der Waals surface area contributed by atoms with Gasteiger partial charge in [-0.2, -0.15) is 0 Å². The number of β-lactam (4-membered cyclic amide) rings is 1. The number of ketones is 1. The number of nitrogens with one attached hydrogen (secondary N) is 1. The van der Waals surface area contributed by atoms with Crippen LogP contribution in [0, 0.1) is 17.8 Å². The maximum atomic E-state index is 13.1. The van der Waals surface area contributed by atoms with Crippen LogP contribution < -0.4 is 11.1 Å². The van der Waals surface area contributed by atoms with Gasteiger partial charge in [0.05, 0.1) is 24.5 Å². The molecule has 3 saturated heterocycles. The van der Waals surface area contributed by atoms with Crippen molar-refractivity contribution in [1.29, 1.82) is 0 Å². The van der Waals surface area contributed by atoms with Crippen molar-refractivity contribution in [1.82, 2.24) is 20.0 Å². The first-order chi connectivity index (χ1) is 17.0. The minimum Gasteiger partial charge on any atom is -0.477 e. The number of piperazine rings is 1. The minimum absolute atomic E-state index is 0.00671. The Balaban J connectivity index is 1.39. The number of carbonyl (C=O) groups excluding carboxylic acids is 4. The van der Waals surface area contributed by atoms with Crippen LogP contribution in [0.25, 0.3) is 0 Å². The number of carboxylic acid groups (broad SMARTS) is 1.